The number of ether oxygens (including phenoxy) is 2. The van der Waals surface area contributed by atoms with E-state index < -0.39 is 0 Å². The van der Waals surface area contributed by atoms with E-state index in [4.69, 9.17) is 9.47 Å². The van der Waals surface area contributed by atoms with Crippen LogP contribution in [0.5, 0.6) is 5.75 Å². The predicted octanol–water partition coefficient (Wildman–Crippen LogP) is 2.27. The zero-order valence-electron chi connectivity index (χ0n) is 8.96. The number of hydrogen-bond acceptors (Lipinski definition) is 3. The van der Waals surface area contributed by atoms with E-state index in [0.717, 1.165) is 17.9 Å². The second-order valence-electron chi connectivity index (χ2n) is 3.00. The fraction of sp³-hybridized carbons (Fsp3) is 0.455. The topological polar surface area (TPSA) is 30.5 Å². The number of nitrogens with one attached hydrogen (secondary N) is 1. The Morgan fingerprint density at radius 3 is 2.64 bits per heavy atom. The van der Waals surface area contributed by atoms with Crippen molar-refractivity contribution in [3.8, 4) is 5.75 Å². The summed E-state index contributed by atoms with van der Waals surface area (Å²) in [5.41, 5.74) is 2.26. The van der Waals surface area contributed by atoms with Crippen molar-refractivity contribution in [3.05, 3.63) is 23.8 Å². The summed E-state index contributed by atoms with van der Waals surface area (Å²) in [4.78, 5) is 0. The van der Waals surface area contributed by atoms with Crippen LogP contribution in [0, 0.1) is 0 Å². The minimum atomic E-state index is 0.490. The summed E-state index contributed by atoms with van der Waals surface area (Å²) in [6, 6.07) is 6.12. The van der Waals surface area contributed by atoms with Crippen molar-refractivity contribution in [3.63, 3.8) is 0 Å². The van der Waals surface area contributed by atoms with E-state index in [-0.39, 0.29) is 0 Å². The third-order valence-corrected chi connectivity index (χ3v) is 2.08. The lowest BCUT2D eigenvalue weighted by atomic mass is 10.1. The zero-order chi connectivity index (χ0) is 10.4. The van der Waals surface area contributed by atoms with Crippen LogP contribution in [0.2, 0.25) is 0 Å². The molecule has 1 rings (SSSR count). The molecule has 1 aromatic rings. The van der Waals surface area contributed by atoms with Crippen molar-refractivity contribution in [2.24, 2.45) is 0 Å². The Morgan fingerprint density at radius 1 is 1.29 bits per heavy atom. The Kier molecular flexibility index (Phi) is 4.26. The van der Waals surface area contributed by atoms with Crippen LogP contribution in [0.1, 0.15) is 12.5 Å². The molecule has 3 heteroatoms. The molecule has 0 aliphatic heterocycles. The van der Waals surface area contributed by atoms with Gasteiger partial charge < -0.3 is 14.8 Å². The molecular formula is C11H17NO2. The molecule has 78 valence electrons. The van der Waals surface area contributed by atoms with Gasteiger partial charge in [0.25, 0.3) is 0 Å². The van der Waals surface area contributed by atoms with Crippen molar-refractivity contribution in [1.82, 2.24) is 0 Å². The largest absolute Gasteiger partial charge is 0.495 e. The quantitative estimate of drug-likeness (QED) is 0.731. The van der Waals surface area contributed by atoms with Crippen LogP contribution < -0.4 is 10.1 Å². The fourth-order valence-corrected chi connectivity index (χ4v) is 1.26. The number of benzene rings is 1. The molecule has 14 heavy (non-hydrogen) atoms. The molecule has 0 aliphatic carbocycles. The molecule has 0 amide bonds. The summed E-state index contributed by atoms with van der Waals surface area (Å²) in [7, 11) is 3.32. The first kappa shape index (κ1) is 10.9. The van der Waals surface area contributed by atoms with E-state index in [1.54, 1.807) is 14.2 Å². The Labute approximate surface area is 85.0 Å². The van der Waals surface area contributed by atoms with E-state index in [9.17, 15) is 0 Å². The summed E-state index contributed by atoms with van der Waals surface area (Å²) in [6.45, 7) is 2.62. The van der Waals surface area contributed by atoms with Gasteiger partial charge >= 0.3 is 0 Å². The maximum Gasteiger partial charge on any atom is 0.142 e. The number of aryl methyl sites for hydroxylation is 1. The van der Waals surface area contributed by atoms with Gasteiger partial charge in [0.1, 0.15) is 12.5 Å². The Bertz CT molecular complexity index is 287. The molecule has 0 unspecified atom stereocenters. The summed E-state index contributed by atoms with van der Waals surface area (Å²) in [5, 5.41) is 3.14. The van der Waals surface area contributed by atoms with E-state index in [2.05, 4.69) is 24.4 Å². The number of hydrogen-bond donors (Lipinski definition) is 1. The second-order valence-corrected chi connectivity index (χ2v) is 3.00. The molecule has 0 bridgehead atoms. The van der Waals surface area contributed by atoms with E-state index >= 15 is 0 Å². The standard InChI is InChI=1S/C11H17NO2/c1-4-9-5-6-11(14-3)10(7-9)12-8-13-2/h5-7,12H,4,8H2,1-3H3. The summed E-state index contributed by atoms with van der Waals surface area (Å²) in [6.07, 6.45) is 1.02. The molecule has 0 spiro atoms. The van der Waals surface area contributed by atoms with Crippen LogP contribution in [0.15, 0.2) is 18.2 Å². The maximum absolute atomic E-state index is 5.22. The molecule has 1 aromatic carbocycles. The zero-order valence-corrected chi connectivity index (χ0v) is 8.96. The molecule has 0 atom stereocenters. The van der Waals surface area contributed by atoms with Crippen LogP contribution >= 0.6 is 0 Å². The minimum Gasteiger partial charge on any atom is -0.495 e. The lowest BCUT2D eigenvalue weighted by Crippen LogP contribution is -2.04. The minimum absolute atomic E-state index is 0.490. The Morgan fingerprint density at radius 2 is 2.07 bits per heavy atom. The predicted molar refractivity (Wildman–Crippen MR) is 57.9 cm³/mol. The van der Waals surface area contributed by atoms with E-state index in [0.29, 0.717) is 6.73 Å². The summed E-state index contributed by atoms with van der Waals surface area (Å²) in [5.74, 6) is 0.847. The smallest absolute Gasteiger partial charge is 0.142 e. The molecule has 1 N–H and O–H groups in total. The monoisotopic (exact) mass is 195 g/mol. The van der Waals surface area contributed by atoms with Crippen molar-refractivity contribution >= 4 is 5.69 Å². The number of anilines is 1. The average molecular weight is 195 g/mol. The molecule has 0 saturated carbocycles. The van der Waals surface area contributed by atoms with Crippen molar-refractivity contribution in [2.75, 3.05) is 26.3 Å². The third-order valence-electron chi connectivity index (χ3n) is 2.08. The van der Waals surface area contributed by atoms with Gasteiger partial charge in [-0.15, -0.1) is 0 Å². The van der Waals surface area contributed by atoms with Crippen LogP contribution in [0.25, 0.3) is 0 Å². The normalized spacial score (nSPS) is 9.93. The van der Waals surface area contributed by atoms with Crippen molar-refractivity contribution in [1.29, 1.82) is 0 Å². The third kappa shape index (κ3) is 2.64. The van der Waals surface area contributed by atoms with Crippen LogP contribution in [-0.2, 0) is 11.2 Å². The van der Waals surface area contributed by atoms with Gasteiger partial charge in [-0.3, -0.25) is 0 Å². The summed E-state index contributed by atoms with van der Waals surface area (Å²) < 4.78 is 10.2. The number of rotatable bonds is 5. The highest BCUT2D eigenvalue weighted by Gasteiger charge is 2.02. The molecule has 0 aliphatic rings. The highest BCUT2D eigenvalue weighted by molar-refractivity contribution is 5.57. The molecule has 3 nitrogen and oxygen atoms in total. The van der Waals surface area contributed by atoms with Gasteiger partial charge in [0.2, 0.25) is 0 Å². The second kappa shape index (κ2) is 5.50. The SMILES string of the molecule is CCc1ccc(OC)c(NCOC)c1. The van der Waals surface area contributed by atoms with Crippen molar-refractivity contribution in [2.45, 2.75) is 13.3 Å². The lowest BCUT2D eigenvalue weighted by molar-refractivity contribution is 0.221. The maximum atomic E-state index is 5.22. The highest BCUT2D eigenvalue weighted by atomic mass is 16.5. The van der Waals surface area contributed by atoms with Crippen LogP contribution in [0.3, 0.4) is 0 Å². The lowest BCUT2D eigenvalue weighted by Gasteiger charge is -2.11. The highest BCUT2D eigenvalue weighted by Crippen LogP contribution is 2.25. The molecular weight excluding hydrogens is 178 g/mol. The van der Waals surface area contributed by atoms with Gasteiger partial charge in [-0.2, -0.15) is 0 Å². The first-order chi connectivity index (χ1) is 6.81. The van der Waals surface area contributed by atoms with Gasteiger partial charge in [-0.1, -0.05) is 13.0 Å². The van der Waals surface area contributed by atoms with Crippen LogP contribution in [-0.4, -0.2) is 21.0 Å². The molecule has 0 heterocycles. The van der Waals surface area contributed by atoms with Gasteiger partial charge in [-0.05, 0) is 24.1 Å². The molecule has 0 radical (unpaired) electrons. The molecule has 0 fully saturated rings. The first-order valence-corrected chi connectivity index (χ1v) is 4.71. The fourth-order valence-electron chi connectivity index (χ4n) is 1.26. The first-order valence-electron chi connectivity index (χ1n) is 4.71. The van der Waals surface area contributed by atoms with Gasteiger partial charge in [0.05, 0.1) is 12.8 Å². The van der Waals surface area contributed by atoms with Crippen molar-refractivity contribution < 1.29 is 9.47 Å². The average Bonchev–Trinajstić information content (AvgIpc) is 2.25. The van der Waals surface area contributed by atoms with E-state index in [1.807, 2.05) is 6.07 Å². The Balaban J connectivity index is 2.84. The van der Waals surface area contributed by atoms with Gasteiger partial charge in [-0.25, -0.2) is 0 Å². The molecule has 0 saturated heterocycles. The summed E-state index contributed by atoms with van der Waals surface area (Å²) >= 11 is 0. The van der Waals surface area contributed by atoms with E-state index in [1.165, 1.54) is 5.56 Å². The van der Waals surface area contributed by atoms with Crippen LogP contribution in [0.4, 0.5) is 5.69 Å². The van der Waals surface area contributed by atoms with Gasteiger partial charge in [0, 0.05) is 7.11 Å². The Hall–Kier alpha value is -1.22. The molecule has 0 aromatic heterocycles. The van der Waals surface area contributed by atoms with Gasteiger partial charge in [0.15, 0.2) is 0 Å². The number of methoxy groups -OCH3 is 2.